The summed E-state index contributed by atoms with van der Waals surface area (Å²) < 4.78 is 23.9. The van der Waals surface area contributed by atoms with E-state index in [0.29, 0.717) is 4.90 Å². The summed E-state index contributed by atoms with van der Waals surface area (Å²) in [5.74, 6) is 1.58. The zero-order valence-corrected chi connectivity index (χ0v) is 17.5. The second kappa shape index (κ2) is 7.93. The molecule has 0 unspecified atom stereocenters. The van der Waals surface area contributed by atoms with Gasteiger partial charge in [0.1, 0.15) is 12.1 Å². The van der Waals surface area contributed by atoms with Crippen LogP contribution in [0.4, 0.5) is 5.82 Å². The molecule has 0 bridgehead atoms. The molecule has 152 valence electrons. The third-order valence-electron chi connectivity index (χ3n) is 6.04. The molecule has 2 aliphatic rings. The average Bonchev–Trinajstić information content (AvgIpc) is 2.69. The Hall–Kier alpha value is -1.77. The Balaban J connectivity index is 1.46. The highest BCUT2D eigenvalue weighted by atomic mass is 32.2. The summed E-state index contributed by atoms with van der Waals surface area (Å²) in [6.45, 7) is 7.75. The number of aromatic nitrogens is 2. The molecule has 1 aromatic heterocycles. The number of piperidine rings is 1. The zero-order chi connectivity index (χ0) is 19.7. The molecule has 4 rings (SSSR count). The summed E-state index contributed by atoms with van der Waals surface area (Å²) in [6, 6.07) is 5.12. The second-order valence-electron chi connectivity index (χ2n) is 8.18. The minimum atomic E-state index is -3.25. The predicted octanol–water partition coefficient (Wildman–Crippen LogP) is 1.50. The van der Waals surface area contributed by atoms with Crippen molar-refractivity contribution in [1.82, 2.24) is 19.8 Å². The lowest BCUT2D eigenvalue weighted by Gasteiger charge is -2.38. The van der Waals surface area contributed by atoms with E-state index in [1.54, 1.807) is 24.5 Å². The van der Waals surface area contributed by atoms with E-state index in [1.165, 1.54) is 25.9 Å². The molecular formula is C20H29N5O2S. The van der Waals surface area contributed by atoms with Crippen LogP contribution in [0.3, 0.4) is 0 Å². The maximum absolute atomic E-state index is 12.0. The van der Waals surface area contributed by atoms with Gasteiger partial charge in [-0.3, -0.25) is 0 Å². The highest BCUT2D eigenvalue weighted by molar-refractivity contribution is 7.90. The van der Waals surface area contributed by atoms with Crippen molar-refractivity contribution in [3.05, 3.63) is 24.5 Å². The van der Waals surface area contributed by atoms with Gasteiger partial charge in [-0.2, -0.15) is 0 Å². The number of sulfone groups is 1. The maximum Gasteiger partial charge on any atom is 0.175 e. The number of rotatable bonds is 4. The SMILES string of the molecule is CN1CCN(CC2CCN(c3ncnc4ccc(S(C)(=O)=O)cc34)CC2)CC1. The molecule has 2 saturated heterocycles. The molecule has 0 radical (unpaired) electrons. The van der Waals surface area contributed by atoms with Crippen molar-refractivity contribution in [2.45, 2.75) is 17.7 Å². The first kappa shape index (κ1) is 19.5. The van der Waals surface area contributed by atoms with Gasteiger partial charge in [-0.1, -0.05) is 0 Å². The molecule has 1 aromatic carbocycles. The number of benzene rings is 1. The molecule has 2 aliphatic heterocycles. The van der Waals surface area contributed by atoms with Crippen LogP contribution >= 0.6 is 0 Å². The van der Waals surface area contributed by atoms with Crippen LogP contribution in [-0.2, 0) is 9.84 Å². The van der Waals surface area contributed by atoms with Crippen LogP contribution in [0.15, 0.2) is 29.4 Å². The van der Waals surface area contributed by atoms with Crippen LogP contribution < -0.4 is 4.90 Å². The standard InChI is InChI=1S/C20H29N5O2S/c1-23-9-11-24(12-10-23)14-16-5-7-25(8-6-16)20-18-13-17(28(2,26)27)3-4-19(18)21-15-22-20/h3-4,13,15-16H,5-12,14H2,1-2H3. The van der Waals surface area contributed by atoms with E-state index in [2.05, 4.69) is 31.7 Å². The molecule has 0 spiro atoms. The van der Waals surface area contributed by atoms with E-state index >= 15 is 0 Å². The second-order valence-corrected chi connectivity index (χ2v) is 10.2. The van der Waals surface area contributed by atoms with Gasteiger partial charge in [0.25, 0.3) is 0 Å². The Kier molecular flexibility index (Phi) is 5.53. The lowest BCUT2D eigenvalue weighted by Crippen LogP contribution is -2.47. The summed E-state index contributed by atoms with van der Waals surface area (Å²) >= 11 is 0. The fourth-order valence-corrected chi connectivity index (χ4v) is 4.87. The van der Waals surface area contributed by atoms with Crippen molar-refractivity contribution in [2.75, 3.05) is 64.0 Å². The van der Waals surface area contributed by atoms with Gasteiger partial charge in [-0.05, 0) is 44.0 Å². The van der Waals surface area contributed by atoms with Crippen molar-refractivity contribution in [1.29, 1.82) is 0 Å². The lowest BCUT2D eigenvalue weighted by molar-refractivity contribution is 0.129. The van der Waals surface area contributed by atoms with Gasteiger partial charge in [0.2, 0.25) is 0 Å². The fraction of sp³-hybridized carbons (Fsp3) is 0.600. The van der Waals surface area contributed by atoms with Crippen molar-refractivity contribution in [2.24, 2.45) is 5.92 Å². The molecule has 2 fully saturated rings. The molecular weight excluding hydrogens is 374 g/mol. The molecule has 2 aromatic rings. The summed E-state index contributed by atoms with van der Waals surface area (Å²) in [4.78, 5) is 16.4. The minimum absolute atomic E-state index is 0.320. The monoisotopic (exact) mass is 403 g/mol. The fourth-order valence-electron chi connectivity index (χ4n) is 4.23. The van der Waals surface area contributed by atoms with E-state index in [9.17, 15) is 8.42 Å². The summed E-state index contributed by atoms with van der Waals surface area (Å²) in [7, 11) is -1.06. The third-order valence-corrected chi connectivity index (χ3v) is 7.15. The Morgan fingerprint density at radius 3 is 2.43 bits per heavy atom. The van der Waals surface area contributed by atoms with Crippen LogP contribution in [0.2, 0.25) is 0 Å². The van der Waals surface area contributed by atoms with E-state index < -0.39 is 9.84 Å². The first-order valence-electron chi connectivity index (χ1n) is 10.0. The van der Waals surface area contributed by atoms with Crippen LogP contribution in [0.1, 0.15) is 12.8 Å². The van der Waals surface area contributed by atoms with Gasteiger partial charge in [0.05, 0.1) is 10.4 Å². The highest BCUT2D eigenvalue weighted by Crippen LogP contribution is 2.29. The molecule has 0 atom stereocenters. The van der Waals surface area contributed by atoms with Crippen LogP contribution in [0, 0.1) is 5.92 Å². The first-order valence-corrected chi connectivity index (χ1v) is 11.9. The molecule has 7 nitrogen and oxygen atoms in total. The van der Waals surface area contributed by atoms with Crippen molar-refractivity contribution in [3.63, 3.8) is 0 Å². The molecule has 28 heavy (non-hydrogen) atoms. The summed E-state index contributed by atoms with van der Waals surface area (Å²) in [5.41, 5.74) is 0.789. The number of likely N-dealkylation sites (N-methyl/N-ethyl adjacent to an activating group) is 1. The Bertz CT molecular complexity index is 933. The maximum atomic E-state index is 12.0. The predicted molar refractivity (Wildman–Crippen MR) is 112 cm³/mol. The summed E-state index contributed by atoms with van der Waals surface area (Å²) in [5, 5.41) is 0.822. The van der Waals surface area contributed by atoms with E-state index in [-0.39, 0.29) is 0 Å². The molecule has 0 saturated carbocycles. The number of anilines is 1. The van der Waals surface area contributed by atoms with E-state index in [1.807, 2.05) is 0 Å². The van der Waals surface area contributed by atoms with Gasteiger partial charge < -0.3 is 14.7 Å². The van der Waals surface area contributed by atoms with Gasteiger partial charge in [0, 0.05) is 57.5 Å². The third kappa shape index (κ3) is 4.29. The Morgan fingerprint density at radius 2 is 1.75 bits per heavy atom. The smallest absolute Gasteiger partial charge is 0.175 e. The molecule has 3 heterocycles. The number of piperazine rings is 1. The minimum Gasteiger partial charge on any atom is -0.356 e. The van der Waals surface area contributed by atoms with Crippen molar-refractivity contribution < 1.29 is 8.42 Å². The van der Waals surface area contributed by atoms with Crippen LogP contribution in [-0.4, -0.2) is 87.3 Å². The normalized spacial score (nSPS) is 20.7. The molecule has 0 N–H and O–H groups in total. The quantitative estimate of drug-likeness (QED) is 0.766. The molecule has 0 aliphatic carbocycles. The van der Waals surface area contributed by atoms with Gasteiger partial charge in [-0.15, -0.1) is 0 Å². The van der Waals surface area contributed by atoms with Gasteiger partial charge in [0.15, 0.2) is 9.84 Å². The lowest BCUT2D eigenvalue weighted by atomic mass is 9.95. The average molecular weight is 404 g/mol. The summed E-state index contributed by atoms with van der Waals surface area (Å²) in [6.07, 6.45) is 5.10. The van der Waals surface area contributed by atoms with Crippen LogP contribution in [0.5, 0.6) is 0 Å². The topological polar surface area (TPSA) is 69.6 Å². The zero-order valence-electron chi connectivity index (χ0n) is 16.7. The number of hydrogen-bond donors (Lipinski definition) is 0. The van der Waals surface area contributed by atoms with Crippen molar-refractivity contribution >= 4 is 26.6 Å². The largest absolute Gasteiger partial charge is 0.356 e. The van der Waals surface area contributed by atoms with Gasteiger partial charge in [-0.25, -0.2) is 18.4 Å². The Morgan fingerprint density at radius 1 is 1.04 bits per heavy atom. The van der Waals surface area contributed by atoms with E-state index in [4.69, 9.17) is 0 Å². The molecule has 0 amide bonds. The van der Waals surface area contributed by atoms with E-state index in [0.717, 1.165) is 61.7 Å². The van der Waals surface area contributed by atoms with Gasteiger partial charge >= 0.3 is 0 Å². The van der Waals surface area contributed by atoms with Crippen LogP contribution in [0.25, 0.3) is 10.9 Å². The highest BCUT2D eigenvalue weighted by Gasteiger charge is 2.25. The van der Waals surface area contributed by atoms with Crippen molar-refractivity contribution in [3.8, 4) is 0 Å². The number of hydrogen-bond acceptors (Lipinski definition) is 7. The molecule has 8 heteroatoms. The number of nitrogens with zero attached hydrogens (tertiary/aromatic N) is 5. The first-order chi connectivity index (χ1) is 13.4. The Labute approximate surface area is 167 Å². The number of fused-ring (bicyclic) bond motifs is 1.